The van der Waals surface area contributed by atoms with Gasteiger partial charge in [-0.05, 0) is 61.4 Å². The second kappa shape index (κ2) is 6.31. The maximum absolute atomic E-state index is 12.3. The van der Waals surface area contributed by atoms with Crippen molar-refractivity contribution < 1.29 is 4.79 Å². The Morgan fingerprint density at radius 2 is 1.57 bits per heavy atom. The summed E-state index contributed by atoms with van der Waals surface area (Å²) in [5.74, 6) is -0.0890. The second-order valence-corrected chi connectivity index (χ2v) is 6.23. The van der Waals surface area contributed by atoms with Crippen LogP contribution in [0.15, 0.2) is 40.9 Å². The van der Waals surface area contributed by atoms with Crippen molar-refractivity contribution >= 4 is 33.2 Å². The van der Waals surface area contributed by atoms with Crippen molar-refractivity contribution in [2.45, 2.75) is 13.8 Å². The van der Waals surface area contributed by atoms with Crippen molar-refractivity contribution in [3.05, 3.63) is 57.6 Å². The minimum atomic E-state index is -0.0890. The van der Waals surface area contributed by atoms with E-state index in [0.717, 1.165) is 27.0 Å². The molecule has 0 aliphatic rings. The van der Waals surface area contributed by atoms with Crippen LogP contribution in [0.25, 0.3) is 0 Å². The molecule has 0 saturated carbocycles. The van der Waals surface area contributed by atoms with E-state index in [1.807, 2.05) is 69.2 Å². The first-order valence-corrected chi connectivity index (χ1v) is 7.53. The van der Waals surface area contributed by atoms with Gasteiger partial charge in [0.05, 0.1) is 0 Å². The molecule has 2 aromatic carbocycles. The van der Waals surface area contributed by atoms with Gasteiger partial charge in [0.25, 0.3) is 5.91 Å². The first-order valence-electron chi connectivity index (χ1n) is 6.74. The molecule has 0 aliphatic heterocycles. The molecule has 3 nitrogen and oxygen atoms in total. The minimum absolute atomic E-state index is 0.0890. The van der Waals surface area contributed by atoms with E-state index >= 15 is 0 Å². The summed E-state index contributed by atoms with van der Waals surface area (Å²) in [6.07, 6.45) is 0. The molecule has 0 aromatic heterocycles. The summed E-state index contributed by atoms with van der Waals surface area (Å²) < 4.78 is 1.02. The molecule has 1 amide bonds. The average molecular weight is 347 g/mol. The van der Waals surface area contributed by atoms with Gasteiger partial charge < -0.3 is 10.2 Å². The van der Waals surface area contributed by atoms with Crippen molar-refractivity contribution in [2.75, 3.05) is 24.3 Å². The minimum Gasteiger partial charge on any atom is -0.378 e. The highest BCUT2D eigenvalue weighted by Gasteiger charge is 2.10. The number of hydrogen-bond donors (Lipinski definition) is 1. The van der Waals surface area contributed by atoms with Gasteiger partial charge >= 0.3 is 0 Å². The fraction of sp³-hybridized carbons (Fsp3) is 0.235. The van der Waals surface area contributed by atoms with Gasteiger partial charge in [-0.2, -0.15) is 0 Å². The number of nitrogens with one attached hydrogen (secondary N) is 1. The zero-order valence-corrected chi connectivity index (χ0v) is 14.3. The van der Waals surface area contributed by atoms with Crippen molar-refractivity contribution in [2.24, 2.45) is 0 Å². The molecular weight excluding hydrogens is 328 g/mol. The van der Waals surface area contributed by atoms with Gasteiger partial charge in [-0.1, -0.05) is 15.9 Å². The highest BCUT2D eigenvalue weighted by molar-refractivity contribution is 9.10. The number of amides is 1. The van der Waals surface area contributed by atoms with Gasteiger partial charge in [0.1, 0.15) is 0 Å². The smallest absolute Gasteiger partial charge is 0.255 e. The quantitative estimate of drug-likeness (QED) is 0.893. The average Bonchev–Trinajstić information content (AvgIpc) is 2.42. The van der Waals surface area contributed by atoms with Gasteiger partial charge in [0.2, 0.25) is 0 Å². The number of aryl methyl sites for hydroxylation is 2. The lowest BCUT2D eigenvalue weighted by Crippen LogP contribution is -2.14. The zero-order valence-electron chi connectivity index (χ0n) is 12.7. The predicted molar refractivity (Wildman–Crippen MR) is 92.3 cm³/mol. The number of carbonyl (C=O) groups excluding carboxylic acids is 1. The number of halogens is 1. The summed E-state index contributed by atoms with van der Waals surface area (Å²) in [6, 6.07) is 11.6. The standard InChI is InChI=1S/C17H19BrN2O/c1-11-9-14(18)10-12(2)16(11)19-17(21)13-5-7-15(8-6-13)20(3)4/h5-10H,1-4H3,(H,19,21). The molecular formula is C17H19BrN2O. The molecule has 0 heterocycles. The normalized spacial score (nSPS) is 10.3. The Morgan fingerprint density at radius 3 is 2.05 bits per heavy atom. The molecule has 0 atom stereocenters. The summed E-state index contributed by atoms with van der Waals surface area (Å²) in [4.78, 5) is 14.4. The Hall–Kier alpha value is -1.81. The van der Waals surface area contributed by atoms with Crippen molar-refractivity contribution in [3.63, 3.8) is 0 Å². The molecule has 4 heteroatoms. The van der Waals surface area contributed by atoms with E-state index in [9.17, 15) is 4.79 Å². The molecule has 0 radical (unpaired) electrons. The lowest BCUT2D eigenvalue weighted by atomic mass is 10.1. The maximum Gasteiger partial charge on any atom is 0.255 e. The largest absolute Gasteiger partial charge is 0.378 e. The van der Waals surface area contributed by atoms with Crippen LogP contribution in [0.4, 0.5) is 11.4 Å². The molecule has 0 aliphatic carbocycles. The molecule has 1 N–H and O–H groups in total. The summed E-state index contributed by atoms with van der Waals surface area (Å²) in [5, 5.41) is 3.00. The van der Waals surface area contributed by atoms with Gasteiger partial charge in [0, 0.05) is 35.5 Å². The van der Waals surface area contributed by atoms with Crippen LogP contribution in [0.1, 0.15) is 21.5 Å². The molecule has 110 valence electrons. The molecule has 0 unspecified atom stereocenters. The summed E-state index contributed by atoms with van der Waals surface area (Å²) in [7, 11) is 3.95. The third-order valence-electron chi connectivity index (χ3n) is 3.38. The van der Waals surface area contributed by atoms with E-state index in [1.165, 1.54) is 0 Å². The molecule has 0 bridgehead atoms. The summed E-state index contributed by atoms with van der Waals surface area (Å²) in [5.41, 5.74) is 4.69. The van der Waals surface area contributed by atoms with E-state index < -0.39 is 0 Å². The lowest BCUT2D eigenvalue weighted by molar-refractivity contribution is 0.102. The molecule has 2 aromatic rings. The topological polar surface area (TPSA) is 32.3 Å². The fourth-order valence-corrected chi connectivity index (χ4v) is 2.89. The Morgan fingerprint density at radius 1 is 1.05 bits per heavy atom. The van der Waals surface area contributed by atoms with Crippen LogP contribution < -0.4 is 10.2 Å². The van der Waals surface area contributed by atoms with Gasteiger partial charge in [0.15, 0.2) is 0 Å². The second-order valence-electron chi connectivity index (χ2n) is 5.31. The number of rotatable bonds is 3. The Labute approximate surface area is 134 Å². The van der Waals surface area contributed by atoms with Crippen LogP contribution >= 0.6 is 15.9 Å². The lowest BCUT2D eigenvalue weighted by Gasteiger charge is -2.14. The first kappa shape index (κ1) is 15.6. The van der Waals surface area contributed by atoms with Crippen molar-refractivity contribution in [1.82, 2.24) is 0 Å². The number of nitrogens with zero attached hydrogens (tertiary/aromatic N) is 1. The van der Waals surface area contributed by atoms with Crippen LogP contribution in [-0.4, -0.2) is 20.0 Å². The predicted octanol–water partition coefficient (Wildman–Crippen LogP) is 4.38. The van der Waals surface area contributed by atoms with Crippen LogP contribution in [0, 0.1) is 13.8 Å². The Bertz CT molecular complexity index is 640. The number of carbonyl (C=O) groups is 1. The molecule has 21 heavy (non-hydrogen) atoms. The summed E-state index contributed by atoms with van der Waals surface area (Å²) in [6.45, 7) is 3.98. The van der Waals surface area contributed by atoms with Crippen molar-refractivity contribution in [1.29, 1.82) is 0 Å². The zero-order chi connectivity index (χ0) is 15.6. The van der Waals surface area contributed by atoms with Gasteiger partial charge in [-0.15, -0.1) is 0 Å². The number of benzene rings is 2. The van der Waals surface area contributed by atoms with Gasteiger partial charge in [-0.25, -0.2) is 0 Å². The molecule has 2 rings (SSSR count). The molecule has 0 saturated heterocycles. The SMILES string of the molecule is Cc1cc(Br)cc(C)c1NC(=O)c1ccc(N(C)C)cc1. The van der Waals surface area contributed by atoms with Crippen LogP contribution in [0.2, 0.25) is 0 Å². The highest BCUT2D eigenvalue weighted by atomic mass is 79.9. The van der Waals surface area contributed by atoms with Crippen molar-refractivity contribution in [3.8, 4) is 0 Å². The number of hydrogen-bond acceptors (Lipinski definition) is 2. The van der Waals surface area contributed by atoms with E-state index in [-0.39, 0.29) is 5.91 Å². The van der Waals surface area contributed by atoms with E-state index in [4.69, 9.17) is 0 Å². The first-order chi connectivity index (χ1) is 9.88. The molecule has 0 spiro atoms. The maximum atomic E-state index is 12.3. The highest BCUT2D eigenvalue weighted by Crippen LogP contribution is 2.25. The third-order valence-corrected chi connectivity index (χ3v) is 3.84. The summed E-state index contributed by atoms with van der Waals surface area (Å²) >= 11 is 3.46. The van der Waals surface area contributed by atoms with Crippen LogP contribution in [-0.2, 0) is 0 Å². The monoisotopic (exact) mass is 346 g/mol. The van der Waals surface area contributed by atoms with E-state index in [2.05, 4.69) is 21.2 Å². The Kier molecular flexibility index (Phi) is 4.68. The Balaban J connectivity index is 2.22. The van der Waals surface area contributed by atoms with E-state index in [0.29, 0.717) is 5.56 Å². The third kappa shape index (κ3) is 3.64. The fourth-order valence-electron chi connectivity index (χ4n) is 2.20. The van der Waals surface area contributed by atoms with Crippen LogP contribution in [0.3, 0.4) is 0 Å². The van der Waals surface area contributed by atoms with Gasteiger partial charge in [-0.3, -0.25) is 4.79 Å². The number of anilines is 2. The van der Waals surface area contributed by atoms with E-state index in [1.54, 1.807) is 0 Å². The van der Waals surface area contributed by atoms with Crippen LogP contribution in [0.5, 0.6) is 0 Å². The molecule has 0 fully saturated rings.